The average molecular weight is 279 g/mol. The molecule has 1 saturated carbocycles. The molecule has 1 N–H and O–H groups in total. The van der Waals surface area contributed by atoms with Crippen LogP contribution in [-0.2, 0) is 0 Å². The molecule has 1 aliphatic heterocycles. The van der Waals surface area contributed by atoms with E-state index < -0.39 is 0 Å². The summed E-state index contributed by atoms with van der Waals surface area (Å²) in [6.07, 6.45) is 8.26. The van der Waals surface area contributed by atoms with E-state index in [1.165, 1.54) is 37.1 Å². The van der Waals surface area contributed by atoms with Gasteiger partial charge in [-0.1, -0.05) is 19.3 Å². The second kappa shape index (κ2) is 6.01. The zero-order chi connectivity index (χ0) is 13.1. The fourth-order valence-corrected chi connectivity index (χ4v) is 4.00. The Morgan fingerprint density at radius 2 is 2.00 bits per heavy atom. The van der Waals surface area contributed by atoms with Gasteiger partial charge in [-0.2, -0.15) is 0 Å². The SMILES string of the molecule is O=C(c1cnc(C2CCCCC2)s1)N1CCNCC1. The first-order valence-corrected chi connectivity index (χ1v) is 8.12. The fraction of sp³-hybridized carbons (Fsp3) is 0.714. The van der Waals surface area contributed by atoms with Gasteiger partial charge in [0.15, 0.2) is 0 Å². The van der Waals surface area contributed by atoms with Gasteiger partial charge in [0, 0.05) is 32.1 Å². The summed E-state index contributed by atoms with van der Waals surface area (Å²) in [5.74, 6) is 0.768. The molecule has 2 aliphatic rings. The Balaban J connectivity index is 1.67. The van der Waals surface area contributed by atoms with Gasteiger partial charge in [-0.15, -0.1) is 11.3 Å². The van der Waals surface area contributed by atoms with Gasteiger partial charge < -0.3 is 10.2 Å². The van der Waals surface area contributed by atoms with Crippen molar-refractivity contribution in [1.29, 1.82) is 0 Å². The summed E-state index contributed by atoms with van der Waals surface area (Å²) in [5.41, 5.74) is 0. The molecule has 4 nitrogen and oxygen atoms in total. The minimum atomic E-state index is 0.168. The van der Waals surface area contributed by atoms with Crippen molar-refractivity contribution in [2.75, 3.05) is 26.2 Å². The number of hydrogen-bond acceptors (Lipinski definition) is 4. The molecule has 0 aromatic carbocycles. The van der Waals surface area contributed by atoms with Crippen LogP contribution in [0.1, 0.15) is 52.7 Å². The smallest absolute Gasteiger partial charge is 0.265 e. The molecular weight excluding hydrogens is 258 g/mol. The molecule has 1 saturated heterocycles. The van der Waals surface area contributed by atoms with Crippen LogP contribution in [0.25, 0.3) is 0 Å². The molecule has 5 heteroatoms. The normalized spacial score (nSPS) is 21.6. The van der Waals surface area contributed by atoms with Gasteiger partial charge in [0.2, 0.25) is 0 Å². The summed E-state index contributed by atoms with van der Waals surface area (Å²) >= 11 is 1.62. The van der Waals surface area contributed by atoms with Gasteiger partial charge in [0.25, 0.3) is 5.91 Å². The lowest BCUT2D eigenvalue weighted by Crippen LogP contribution is -2.46. The van der Waals surface area contributed by atoms with Crippen LogP contribution < -0.4 is 5.32 Å². The lowest BCUT2D eigenvalue weighted by Gasteiger charge is -2.26. The van der Waals surface area contributed by atoms with E-state index in [4.69, 9.17) is 0 Å². The largest absolute Gasteiger partial charge is 0.335 e. The zero-order valence-electron chi connectivity index (χ0n) is 11.2. The van der Waals surface area contributed by atoms with Crippen molar-refractivity contribution in [3.05, 3.63) is 16.1 Å². The first-order chi connectivity index (χ1) is 9.34. The van der Waals surface area contributed by atoms with Crippen molar-refractivity contribution < 1.29 is 4.79 Å². The van der Waals surface area contributed by atoms with E-state index in [-0.39, 0.29) is 5.91 Å². The van der Waals surface area contributed by atoms with E-state index in [1.54, 1.807) is 17.5 Å². The Hall–Kier alpha value is -0.940. The van der Waals surface area contributed by atoms with Gasteiger partial charge in [-0.3, -0.25) is 4.79 Å². The number of rotatable bonds is 2. The van der Waals surface area contributed by atoms with Crippen molar-refractivity contribution in [2.24, 2.45) is 0 Å². The van der Waals surface area contributed by atoms with E-state index >= 15 is 0 Å². The van der Waals surface area contributed by atoms with Crippen LogP contribution in [0.4, 0.5) is 0 Å². The van der Waals surface area contributed by atoms with E-state index in [0.29, 0.717) is 5.92 Å². The lowest BCUT2D eigenvalue weighted by atomic mass is 9.90. The number of carbonyl (C=O) groups is 1. The highest BCUT2D eigenvalue weighted by Gasteiger charge is 2.23. The molecule has 0 bridgehead atoms. The third-order valence-electron chi connectivity index (χ3n) is 4.09. The summed E-state index contributed by atoms with van der Waals surface area (Å²) in [7, 11) is 0. The maximum absolute atomic E-state index is 12.4. The van der Waals surface area contributed by atoms with E-state index in [9.17, 15) is 4.79 Å². The number of nitrogens with zero attached hydrogens (tertiary/aromatic N) is 2. The Morgan fingerprint density at radius 3 is 2.74 bits per heavy atom. The highest BCUT2D eigenvalue weighted by atomic mass is 32.1. The van der Waals surface area contributed by atoms with E-state index in [2.05, 4.69) is 10.3 Å². The standard InChI is InChI=1S/C14H21N3OS/c18-14(17-8-6-15-7-9-17)12-10-16-13(19-12)11-4-2-1-3-5-11/h10-11,15H,1-9H2. The molecular formula is C14H21N3OS. The predicted molar refractivity (Wildman–Crippen MR) is 76.7 cm³/mol. The molecule has 0 unspecified atom stereocenters. The van der Waals surface area contributed by atoms with Crippen LogP contribution in [0, 0.1) is 0 Å². The number of piperazine rings is 1. The maximum Gasteiger partial charge on any atom is 0.265 e. The Morgan fingerprint density at radius 1 is 1.26 bits per heavy atom. The van der Waals surface area contributed by atoms with Gasteiger partial charge >= 0.3 is 0 Å². The molecule has 3 rings (SSSR count). The average Bonchev–Trinajstić information content (AvgIpc) is 2.98. The number of amides is 1. The first-order valence-electron chi connectivity index (χ1n) is 7.30. The molecule has 1 aliphatic carbocycles. The molecule has 0 atom stereocenters. The number of carbonyl (C=O) groups excluding carboxylic acids is 1. The topological polar surface area (TPSA) is 45.2 Å². The van der Waals surface area contributed by atoms with Crippen LogP contribution in [-0.4, -0.2) is 42.0 Å². The van der Waals surface area contributed by atoms with E-state index in [0.717, 1.165) is 31.1 Å². The van der Waals surface area contributed by atoms with Gasteiger partial charge in [-0.25, -0.2) is 4.98 Å². The monoisotopic (exact) mass is 279 g/mol. The van der Waals surface area contributed by atoms with Gasteiger partial charge in [0.05, 0.1) is 11.2 Å². The zero-order valence-corrected chi connectivity index (χ0v) is 12.0. The maximum atomic E-state index is 12.4. The summed E-state index contributed by atoms with van der Waals surface area (Å²) < 4.78 is 0. The van der Waals surface area contributed by atoms with Crippen LogP contribution in [0.15, 0.2) is 6.20 Å². The highest BCUT2D eigenvalue weighted by Crippen LogP contribution is 2.34. The van der Waals surface area contributed by atoms with Gasteiger partial charge in [-0.05, 0) is 12.8 Å². The molecule has 0 spiro atoms. The van der Waals surface area contributed by atoms with Crippen LogP contribution in [0.3, 0.4) is 0 Å². The van der Waals surface area contributed by atoms with Gasteiger partial charge in [0.1, 0.15) is 4.88 Å². The third-order valence-corrected chi connectivity index (χ3v) is 5.24. The summed E-state index contributed by atoms with van der Waals surface area (Å²) in [6, 6.07) is 0. The summed E-state index contributed by atoms with van der Waals surface area (Å²) in [6.45, 7) is 3.44. The molecule has 1 amide bonds. The summed E-state index contributed by atoms with van der Waals surface area (Å²) in [5, 5.41) is 4.45. The minimum absolute atomic E-state index is 0.168. The molecule has 1 aromatic heterocycles. The number of hydrogen-bond donors (Lipinski definition) is 1. The fourth-order valence-electron chi connectivity index (χ4n) is 2.95. The first kappa shape index (κ1) is 13.1. The Bertz CT molecular complexity index is 434. The molecule has 2 fully saturated rings. The Labute approximate surface area is 118 Å². The number of thiazole rings is 1. The van der Waals surface area contributed by atoms with Crippen molar-refractivity contribution in [3.8, 4) is 0 Å². The molecule has 2 heterocycles. The molecule has 19 heavy (non-hydrogen) atoms. The second-order valence-corrected chi connectivity index (χ2v) is 6.50. The van der Waals surface area contributed by atoms with Crippen molar-refractivity contribution >= 4 is 17.2 Å². The number of aromatic nitrogens is 1. The van der Waals surface area contributed by atoms with Crippen molar-refractivity contribution in [3.63, 3.8) is 0 Å². The number of nitrogens with one attached hydrogen (secondary N) is 1. The van der Waals surface area contributed by atoms with Crippen LogP contribution in [0.2, 0.25) is 0 Å². The van der Waals surface area contributed by atoms with Crippen molar-refractivity contribution in [1.82, 2.24) is 15.2 Å². The lowest BCUT2D eigenvalue weighted by molar-refractivity contribution is 0.0740. The van der Waals surface area contributed by atoms with Crippen molar-refractivity contribution in [2.45, 2.75) is 38.0 Å². The minimum Gasteiger partial charge on any atom is -0.335 e. The highest BCUT2D eigenvalue weighted by molar-refractivity contribution is 7.13. The Kier molecular flexibility index (Phi) is 4.13. The molecule has 104 valence electrons. The summed E-state index contributed by atoms with van der Waals surface area (Å²) in [4.78, 5) is 19.6. The second-order valence-electron chi connectivity index (χ2n) is 5.44. The van der Waals surface area contributed by atoms with Crippen LogP contribution >= 0.6 is 11.3 Å². The molecule has 0 radical (unpaired) electrons. The third kappa shape index (κ3) is 2.98. The molecule has 1 aromatic rings. The van der Waals surface area contributed by atoms with Crippen LogP contribution in [0.5, 0.6) is 0 Å². The van der Waals surface area contributed by atoms with E-state index in [1.807, 2.05) is 4.90 Å². The quantitative estimate of drug-likeness (QED) is 0.903. The predicted octanol–water partition coefficient (Wildman–Crippen LogP) is 2.24.